The Bertz CT molecular complexity index is 216. The maximum absolute atomic E-state index is 12.1. The smallest absolute Gasteiger partial charge is 0.222 e. The number of hydrogen-bond acceptors (Lipinski definition) is 2. The molecule has 2 heterocycles. The Kier molecular flexibility index (Phi) is 4.64. The summed E-state index contributed by atoms with van der Waals surface area (Å²) >= 11 is 0. The Labute approximate surface area is 98.6 Å². The lowest BCUT2D eigenvalue weighted by Gasteiger charge is -2.26. The second-order valence-electron chi connectivity index (χ2n) is 5.21. The number of nitrogens with zero attached hydrogens (tertiary/aromatic N) is 1. The van der Waals surface area contributed by atoms with E-state index in [4.69, 9.17) is 0 Å². The number of piperidine rings is 1. The van der Waals surface area contributed by atoms with Gasteiger partial charge in [-0.25, -0.2) is 0 Å². The molecule has 2 aliphatic heterocycles. The van der Waals surface area contributed by atoms with Crippen LogP contribution >= 0.6 is 0 Å². The first-order chi connectivity index (χ1) is 7.86. The molecule has 0 aliphatic carbocycles. The molecule has 2 aliphatic rings. The van der Waals surface area contributed by atoms with Crippen molar-refractivity contribution in [1.82, 2.24) is 10.2 Å². The third-order valence-corrected chi connectivity index (χ3v) is 3.82. The fraction of sp³-hybridized carbons (Fsp3) is 0.923. The topological polar surface area (TPSA) is 32.3 Å². The molecule has 2 rings (SSSR count). The number of amides is 1. The Hall–Kier alpha value is -0.570. The first kappa shape index (κ1) is 11.9. The highest BCUT2D eigenvalue weighted by Crippen LogP contribution is 2.17. The number of hydrogen-bond donors (Lipinski definition) is 1. The van der Waals surface area contributed by atoms with Crippen LogP contribution in [-0.4, -0.2) is 37.0 Å². The Morgan fingerprint density at radius 2 is 1.88 bits per heavy atom. The van der Waals surface area contributed by atoms with Gasteiger partial charge in [-0.2, -0.15) is 0 Å². The van der Waals surface area contributed by atoms with Crippen LogP contribution in [-0.2, 0) is 4.79 Å². The summed E-state index contributed by atoms with van der Waals surface area (Å²) in [6.45, 7) is 4.17. The number of nitrogens with one attached hydrogen (secondary N) is 1. The Morgan fingerprint density at radius 1 is 1.12 bits per heavy atom. The summed E-state index contributed by atoms with van der Waals surface area (Å²) in [5, 5.41) is 3.38. The van der Waals surface area contributed by atoms with E-state index in [1.807, 2.05) is 0 Å². The molecular weight excluding hydrogens is 200 g/mol. The predicted molar refractivity (Wildman–Crippen MR) is 65.3 cm³/mol. The van der Waals surface area contributed by atoms with Gasteiger partial charge in [0.15, 0.2) is 0 Å². The molecule has 2 saturated heterocycles. The van der Waals surface area contributed by atoms with Crippen molar-refractivity contribution in [2.45, 2.75) is 44.9 Å². The van der Waals surface area contributed by atoms with Crippen molar-refractivity contribution in [2.75, 3.05) is 26.2 Å². The van der Waals surface area contributed by atoms with Crippen LogP contribution in [0.25, 0.3) is 0 Å². The predicted octanol–water partition coefficient (Wildman–Crippen LogP) is 1.78. The van der Waals surface area contributed by atoms with Gasteiger partial charge in [0.05, 0.1) is 0 Å². The minimum Gasteiger partial charge on any atom is -0.343 e. The Morgan fingerprint density at radius 3 is 2.50 bits per heavy atom. The molecular formula is C13H24N2O. The molecule has 0 bridgehead atoms. The second-order valence-corrected chi connectivity index (χ2v) is 5.21. The summed E-state index contributed by atoms with van der Waals surface area (Å²) in [5.74, 6) is 0.986. The lowest BCUT2D eigenvalue weighted by molar-refractivity contribution is -0.132. The number of rotatable bonds is 2. The van der Waals surface area contributed by atoms with Crippen molar-refractivity contribution in [1.29, 1.82) is 0 Å². The first-order valence-corrected chi connectivity index (χ1v) is 6.85. The van der Waals surface area contributed by atoms with Crippen LogP contribution < -0.4 is 5.32 Å². The molecule has 1 unspecified atom stereocenters. The van der Waals surface area contributed by atoms with Crippen molar-refractivity contribution in [3.8, 4) is 0 Å². The van der Waals surface area contributed by atoms with E-state index < -0.39 is 0 Å². The number of likely N-dealkylation sites (tertiary alicyclic amines) is 1. The highest BCUT2D eigenvalue weighted by Gasteiger charge is 2.21. The third kappa shape index (κ3) is 3.48. The molecule has 3 heteroatoms. The highest BCUT2D eigenvalue weighted by atomic mass is 16.2. The van der Waals surface area contributed by atoms with Gasteiger partial charge in [0.2, 0.25) is 5.91 Å². The summed E-state index contributed by atoms with van der Waals surface area (Å²) < 4.78 is 0. The average molecular weight is 224 g/mol. The van der Waals surface area contributed by atoms with Gasteiger partial charge in [0.1, 0.15) is 0 Å². The lowest BCUT2D eigenvalue weighted by Crippen LogP contribution is -2.37. The number of carbonyl (C=O) groups excluding carboxylic acids is 1. The van der Waals surface area contributed by atoms with Crippen LogP contribution in [0.15, 0.2) is 0 Å². The lowest BCUT2D eigenvalue weighted by atomic mass is 9.95. The van der Waals surface area contributed by atoms with Crippen LogP contribution in [0.2, 0.25) is 0 Å². The molecule has 2 fully saturated rings. The zero-order valence-electron chi connectivity index (χ0n) is 10.2. The van der Waals surface area contributed by atoms with Crippen LogP contribution in [0.3, 0.4) is 0 Å². The van der Waals surface area contributed by atoms with E-state index in [1.54, 1.807) is 0 Å². The van der Waals surface area contributed by atoms with E-state index in [0.29, 0.717) is 11.8 Å². The first-order valence-electron chi connectivity index (χ1n) is 6.85. The standard InChI is InChI=1S/C13H24N2O/c16-13(10-12-6-5-7-14-11-12)15-8-3-1-2-4-9-15/h12,14H,1-11H2. The molecule has 1 amide bonds. The molecule has 92 valence electrons. The van der Waals surface area contributed by atoms with Crippen LogP contribution in [0.5, 0.6) is 0 Å². The highest BCUT2D eigenvalue weighted by molar-refractivity contribution is 5.76. The normalized spacial score (nSPS) is 27.5. The van der Waals surface area contributed by atoms with Gasteiger partial charge < -0.3 is 10.2 Å². The average Bonchev–Trinajstić information content (AvgIpc) is 2.59. The molecule has 1 N–H and O–H groups in total. The zero-order chi connectivity index (χ0) is 11.2. The molecule has 0 saturated carbocycles. The zero-order valence-corrected chi connectivity index (χ0v) is 10.2. The third-order valence-electron chi connectivity index (χ3n) is 3.82. The van der Waals surface area contributed by atoms with Gasteiger partial charge in [0.25, 0.3) is 0 Å². The largest absolute Gasteiger partial charge is 0.343 e. The minimum atomic E-state index is 0.399. The maximum Gasteiger partial charge on any atom is 0.222 e. The monoisotopic (exact) mass is 224 g/mol. The molecule has 3 nitrogen and oxygen atoms in total. The molecule has 0 aromatic heterocycles. The molecule has 16 heavy (non-hydrogen) atoms. The van der Waals surface area contributed by atoms with Gasteiger partial charge >= 0.3 is 0 Å². The van der Waals surface area contributed by atoms with Crippen LogP contribution in [0.1, 0.15) is 44.9 Å². The van der Waals surface area contributed by atoms with Gasteiger partial charge in [-0.3, -0.25) is 4.79 Å². The Balaban J connectivity index is 1.76. The van der Waals surface area contributed by atoms with Crippen molar-refractivity contribution in [2.24, 2.45) is 5.92 Å². The van der Waals surface area contributed by atoms with E-state index >= 15 is 0 Å². The van der Waals surface area contributed by atoms with E-state index in [2.05, 4.69) is 10.2 Å². The number of carbonyl (C=O) groups is 1. The summed E-state index contributed by atoms with van der Waals surface area (Å²) in [4.78, 5) is 14.2. The molecule has 0 aromatic carbocycles. The van der Waals surface area contributed by atoms with Crippen molar-refractivity contribution in [3.63, 3.8) is 0 Å². The fourth-order valence-electron chi connectivity index (χ4n) is 2.79. The molecule has 1 atom stereocenters. The van der Waals surface area contributed by atoms with E-state index in [9.17, 15) is 4.79 Å². The second kappa shape index (κ2) is 6.24. The van der Waals surface area contributed by atoms with Gasteiger partial charge in [0, 0.05) is 19.5 Å². The quantitative estimate of drug-likeness (QED) is 0.775. The summed E-state index contributed by atoms with van der Waals surface area (Å²) in [5.41, 5.74) is 0. The van der Waals surface area contributed by atoms with E-state index in [-0.39, 0.29) is 0 Å². The van der Waals surface area contributed by atoms with Gasteiger partial charge in [-0.1, -0.05) is 12.8 Å². The molecule has 0 aromatic rings. The van der Waals surface area contributed by atoms with E-state index in [0.717, 1.165) is 32.6 Å². The molecule has 0 radical (unpaired) electrons. The van der Waals surface area contributed by atoms with Crippen LogP contribution in [0, 0.1) is 5.92 Å². The SMILES string of the molecule is O=C(CC1CCCNC1)N1CCCCCC1. The maximum atomic E-state index is 12.1. The van der Waals surface area contributed by atoms with Crippen molar-refractivity contribution < 1.29 is 4.79 Å². The molecule has 0 spiro atoms. The van der Waals surface area contributed by atoms with Gasteiger partial charge in [-0.15, -0.1) is 0 Å². The summed E-state index contributed by atoms with van der Waals surface area (Å²) in [6.07, 6.45) is 8.24. The van der Waals surface area contributed by atoms with Crippen molar-refractivity contribution >= 4 is 5.91 Å². The van der Waals surface area contributed by atoms with Gasteiger partial charge in [-0.05, 0) is 44.7 Å². The summed E-state index contributed by atoms with van der Waals surface area (Å²) in [7, 11) is 0. The van der Waals surface area contributed by atoms with Crippen LogP contribution in [0.4, 0.5) is 0 Å². The summed E-state index contributed by atoms with van der Waals surface area (Å²) in [6, 6.07) is 0. The minimum absolute atomic E-state index is 0.399. The fourth-order valence-corrected chi connectivity index (χ4v) is 2.79. The van der Waals surface area contributed by atoms with Crippen molar-refractivity contribution in [3.05, 3.63) is 0 Å². The van der Waals surface area contributed by atoms with E-state index in [1.165, 1.54) is 38.5 Å².